The van der Waals surface area contributed by atoms with E-state index in [1.54, 1.807) is 0 Å². The maximum atomic E-state index is 12.7. The molecule has 1 amide bonds. The van der Waals surface area contributed by atoms with Crippen molar-refractivity contribution in [3.63, 3.8) is 0 Å². The Kier molecular flexibility index (Phi) is 3.23. The monoisotopic (exact) mass is 302 g/mol. The van der Waals surface area contributed by atoms with Gasteiger partial charge in [-0.3, -0.25) is 9.89 Å². The SMILES string of the molecule is Cc1c(C(=O)NC23CCCC2NCC3)n[nH]c1C(F)(F)F. The lowest BCUT2D eigenvalue weighted by Crippen LogP contribution is -2.53. The van der Waals surface area contributed by atoms with Gasteiger partial charge in [0.05, 0.1) is 5.54 Å². The molecular weight excluding hydrogens is 285 g/mol. The molecule has 1 saturated heterocycles. The Morgan fingerprint density at radius 1 is 1.43 bits per heavy atom. The van der Waals surface area contributed by atoms with Crippen LogP contribution in [-0.4, -0.2) is 34.2 Å². The first-order valence-corrected chi connectivity index (χ1v) is 7.01. The zero-order chi connectivity index (χ0) is 15.3. The van der Waals surface area contributed by atoms with Crippen molar-refractivity contribution in [1.82, 2.24) is 20.8 Å². The molecule has 3 rings (SSSR count). The molecule has 116 valence electrons. The lowest BCUT2D eigenvalue weighted by atomic mass is 9.93. The van der Waals surface area contributed by atoms with E-state index in [0.717, 1.165) is 32.2 Å². The number of hydrogen-bond acceptors (Lipinski definition) is 3. The van der Waals surface area contributed by atoms with Crippen LogP contribution >= 0.6 is 0 Å². The van der Waals surface area contributed by atoms with Gasteiger partial charge in [0.2, 0.25) is 0 Å². The van der Waals surface area contributed by atoms with Gasteiger partial charge < -0.3 is 10.6 Å². The quantitative estimate of drug-likeness (QED) is 0.779. The molecule has 1 aliphatic carbocycles. The molecular formula is C13H17F3N4O. The van der Waals surface area contributed by atoms with Crippen LogP contribution in [0.2, 0.25) is 0 Å². The Balaban J connectivity index is 1.82. The zero-order valence-electron chi connectivity index (χ0n) is 11.6. The largest absolute Gasteiger partial charge is 0.433 e. The molecule has 2 atom stereocenters. The van der Waals surface area contributed by atoms with E-state index < -0.39 is 17.8 Å². The molecule has 2 fully saturated rings. The standard InChI is InChI=1S/C13H17F3N4O/c1-7-9(19-20-10(7)13(14,15)16)11(21)18-12-4-2-3-8(12)17-6-5-12/h8,17H,2-6H2,1H3,(H,18,21)(H,19,20). The number of carbonyl (C=O) groups excluding carboxylic acids is 1. The number of rotatable bonds is 2. The molecule has 0 spiro atoms. The van der Waals surface area contributed by atoms with Crippen molar-refractivity contribution < 1.29 is 18.0 Å². The first kappa shape index (κ1) is 14.4. The topological polar surface area (TPSA) is 69.8 Å². The minimum atomic E-state index is -4.53. The van der Waals surface area contributed by atoms with Crippen LogP contribution in [0.25, 0.3) is 0 Å². The van der Waals surface area contributed by atoms with Crippen LogP contribution in [0, 0.1) is 6.92 Å². The van der Waals surface area contributed by atoms with Crippen molar-refractivity contribution in [1.29, 1.82) is 0 Å². The number of fused-ring (bicyclic) bond motifs is 1. The highest BCUT2D eigenvalue weighted by Crippen LogP contribution is 2.37. The van der Waals surface area contributed by atoms with Crippen molar-refractivity contribution >= 4 is 5.91 Å². The third kappa shape index (κ3) is 2.31. The predicted octanol–water partition coefficient (Wildman–Crippen LogP) is 1.75. The van der Waals surface area contributed by atoms with Gasteiger partial charge in [0.25, 0.3) is 5.91 Å². The second-order valence-electron chi connectivity index (χ2n) is 5.83. The van der Waals surface area contributed by atoms with Crippen LogP contribution in [0.4, 0.5) is 13.2 Å². The van der Waals surface area contributed by atoms with Crippen molar-refractivity contribution in [2.75, 3.05) is 6.54 Å². The van der Waals surface area contributed by atoms with Crippen molar-refractivity contribution in [2.24, 2.45) is 0 Å². The number of nitrogens with zero attached hydrogens (tertiary/aromatic N) is 1. The van der Waals surface area contributed by atoms with Crippen molar-refractivity contribution in [3.8, 4) is 0 Å². The Morgan fingerprint density at radius 2 is 2.19 bits per heavy atom. The Labute approximate surface area is 119 Å². The molecule has 1 aliphatic heterocycles. The molecule has 1 saturated carbocycles. The minimum Gasteiger partial charge on any atom is -0.344 e. The van der Waals surface area contributed by atoms with E-state index in [-0.39, 0.29) is 22.8 Å². The summed E-state index contributed by atoms with van der Waals surface area (Å²) in [4.78, 5) is 12.3. The van der Waals surface area contributed by atoms with Gasteiger partial charge >= 0.3 is 6.18 Å². The van der Waals surface area contributed by atoms with E-state index in [0.29, 0.717) is 0 Å². The normalized spacial score (nSPS) is 28.7. The number of nitrogens with one attached hydrogen (secondary N) is 3. The first-order valence-electron chi connectivity index (χ1n) is 7.01. The summed E-state index contributed by atoms with van der Waals surface area (Å²) < 4.78 is 38.2. The number of aromatic amines is 1. The van der Waals surface area contributed by atoms with E-state index in [1.165, 1.54) is 6.92 Å². The highest BCUT2D eigenvalue weighted by Gasteiger charge is 2.47. The van der Waals surface area contributed by atoms with Gasteiger partial charge in [-0.1, -0.05) is 0 Å². The highest BCUT2D eigenvalue weighted by atomic mass is 19.4. The highest BCUT2D eigenvalue weighted by molar-refractivity contribution is 5.94. The second kappa shape index (κ2) is 4.72. The molecule has 5 nitrogen and oxygen atoms in total. The van der Waals surface area contributed by atoms with Crippen LogP contribution < -0.4 is 10.6 Å². The third-order valence-electron chi connectivity index (χ3n) is 4.62. The fourth-order valence-corrected chi connectivity index (χ4v) is 3.53. The molecule has 1 aromatic heterocycles. The van der Waals surface area contributed by atoms with E-state index in [9.17, 15) is 18.0 Å². The predicted molar refractivity (Wildman–Crippen MR) is 68.8 cm³/mol. The Bertz CT molecular complexity index is 556. The van der Waals surface area contributed by atoms with Crippen LogP contribution in [-0.2, 0) is 6.18 Å². The molecule has 21 heavy (non-hydrogen) atoms. The summed E-state index contributed by atoms with van der Waals surface area (Å²) in [6.45, 7) is 2.08. The summed E-state index contributed by atoms with van der Waals surface area (Å²) in [7, 11) is 0. The molecule has 2 unspecified atom stereocenters. The Morgan fingerprint density at radius 3 is 2.86 bits per heavy atom. The van der Waals surface area contributed by atoms with Gasteiger partial charge in [-0.2, -0.15) is 18.3 Å². The number of aromatic nitrogens is 2. The van der Waals surface area contributed by atoms with E-state index in [2.05, 4.69) is 15.7 Å². The van der Waals surface area contributed by atoms with Crippen LogP contribution in [0.1, 0.15) is 47.4 Å². The van der Waals surface area contributed by atoms with E-state index >= 15 is 0 Å². The third-order valence-corrected chi connectivity index (χ3v) is 4.62. The summed E-state index contributed by atoms with van der Waals surface area (Å²) in [6, 6.07) is 0.211. The first-order chi connectivity index (χ1) is 9.83. The van der Waals surface area contributed by atoms with E-state index in [1.807, 2.05) is 5.10 Å². The number of amides is 1. The summed E-state index contributed by atoms with van der Waals surface area (Å²) in [5.74, 6) is -0.533. The van der Waals surface area contributed by atoms with Crippen molar-refractivity contribution in [2.45, 2.75) is 50.4 Å². The van der Waals surface area contributed by atoms with Crippen LogP contribution in [0.15, 0.2) is 0 Å². The molecule has 2 heterocycles. The lowest BCUT2D eigenvalue weighted by Gasteiger charge is -2.29. The Hall–Kier alpha value is -1.57. The smallest absolute Gasteiger partial charge is 0.344 e. The van der Waals surface area contributed by atoms with Crippen molar-refractivity contribution in [3.05, 3.63) is 17.0 Å². The summed E-state index contributed by atoms with van der Waals surface area (Å²) >= 11 is 0. The molecule has 2 aliphatic rings. The minimum absolute atomic E-state index is 0.156. The maximum Gasteiger partial charge on any atom is 0.433 e. The van der Waals surface area contributed by atoms with Crippen LogP contribution in [0.3, 0.4) is 0 Å². The van der Waals surface area contributed by atoms with Gasteiger partial charge in [-0.05, 0) is 39.2 Å². The number of carbonyl (C=O) groups is 1. The average molecular weight is 302 g/mol. The number of hydrogen-bond donors (Lipinski definition) is 3. The molecule has 0 radical (unpaired) electrons. The van der Waals surface area contributed by atoms with Gasteiger partial charge in [0, 0.05) is 11.6 Å². The number of halogens is 3. The number of H-pyrrole nitrogens is 1. The summed E-state index contributed by atoms with van der Waals surface area (Å²) in [6.07, 6.45) is -0.886. The molecule has 3 N–H and O–H groups in total. The molecule has 8 heteroatoms. The van der Waals surface area contributed by atoms with Crippen LogP contribution in [0.5, 0.6) is 0 Å². The van der Waals surface area contributed by atoms with Gasteiger partial charge in [0.1, 0.15) is 5.69 Å². The summed E-state index contributed by atoms with van der Waals surface area (Å²) in [5.41, 5.74) is -1.62. The fraction of sp³-hybridized carbons (Fsp3) is 0.692. The van der Waals surface area contributed by atoms with Gasteiger partial charge in [-0.25, -0.2) is 0 Å². The molecule has 1 aromatic rings. The fourth-order valence-electron chi connectivity index (χ4n) is 3.53. The van der Waals surface area contributed by atoms with Gasteiger partial charge in [-0.15, -0.1) is 0 Å². The second-order valence-corrected chi connectivity index (χ2v) is 5.83. The summed E-state index contributed by atoms with van der Waals surface area (Å²) in [5, 5.41) is 11.7. The van der Waals surface area contributed by atoms with E-state index in [4.69, 9.17) is 0 Å². The molecule has 0 bridgehead atoms. The lowest BCUT2D eigenvalue weighted by molar-refractivity contribution is -0.141. The van der Waals surface area contributed by atoms with Gasteiger partial charge in [0.15, 0.2) is 5.69 Å². The zero-order valence-corrected chi connectivity index (χ0v) is 11.6. The molecule has 0 aromatic carbocycles. The maximum absolute atomic E-state index is 12.7. The number of alkyl halides is 3. The average Bonchev–Trinajstić information content (AvgIpc) is 3.00.